The summed E-state index contributed by atoms with van der Waals surface area (Å²) in [6.45, 7) is 4.36. The number of nitro groups is 1. The maximum atomic E-state index is 11.2. The first-order chi connectivity index (χ1) is 7.81. The number of esters is 1. The highest BCUT2D eigenvalue weighted by Gasteiger charge is 2.55. The van der Waals surface area contributed by atoms with Crippen LogP contribution < -0.4 is 0 Å². The molecule has 1 rings (SSSR count). The van der Waals surface area contributed by atoms with Crippen molar-refractivity contribution in [1.29, 1.82) is 0 Å². The lowest BCUT2D eigenvalue weighted by Crippen LogP contribution is -2.60. The summed E-state index contributed by atoms with van der Waals surface area (Å²) in [5, 5.41) is 11.2. The molecule has 0 amide bonds. The second-order valence-corrected chi connectivity index (χ2v) is 4.35. The number of carbonyl (C=O) groups is 1. The Bertz CT molecular complexity index is 320. The van der Waals surface area contributed by atoms with E-state index in [9.17, 15) is 14.9 Å². The summed E-state index contributed by atoms with van der Waals surface area (Å²) in [4.78, 5) is 21.6. The molecule has 1 heterocycles. The fourth-order valence-corrected chi connectivity index (χ4v) is 2.20. The lowest BCUT2D eigenvalue weighted by Gasteiger charge is -2.40. The first-order valence-electron chi connectivity index (χ1n) is 5.31. The molecule has 0 radical (unpaired) electrons. The van der Waals surface area contributed by atoms with Crippen molar-refractivity contribution in [2.75, 3.05) is 7.11 Å². The zero-order chi connectivity index (χ0) is 13.2. The lowest BCUT2D eigenvalue weighted by atomic mass is 9.85. The summed E-state index contributed by atoms with van der Waals surface area (Å²) in [5.74, 6) is -0.524. The van der Waals surface area contributed by atoms with Crippen LogP contribution in [0.25, 0.3) is 0 Å². The number of carbonyl (C=O) groups excluding carboxylic acids is 1. The average molecular weight is 247 g/mol. The van der Waals surface area contributed by atoms with E-state index in [-0.39, 0.29) is 6.42 Å². The molecule has 1 saturated heterocycles. The molecule has 7 nitrogen and oxygen atoms in total. The van der Waals surface area contributed by atoms with Crippen LogP contribution in [0.5, 0.6) is 0 Å². The van der Waals surface area contributed by atoms with Gasteiger partial charge in [-0.05, 0) is 6.92 Å². The summed E-state index contributed by atoms with van der Waals surface area (Å²) in [6.07, 6.45) is -2.12. The van der Waals surface area contributed by atoms with Crippen molar-refractivity contribution < 1.29 is 23.9 Å². The van der Waals surface area contributed by atoms with Gasteiger partial charge in [-0.2, -0.15) is 0 Å². The number of nitrogens with zero attached hydrogens (tertiary/aromatic N) is 1. The summed E-state index contributed by atoms with van der Waals surface area (Å²) >= 11 is 0. The smallest absolute Gasteiger partial charge is 0.304 e. The number of hydrogen-bond donors (Lipinski definition) is 0. The van der Waals surface area contributed by atoms with Crippen molar-refractivity contribution in [3.63, 3.8) is 0 Å². The first-order valence-corrected chi connectivity index (χ1v) is 5.31. The summed E-state index contributed by atoms with van der Waals surface area (Å²) in [6, 6.07) is 0. The Morgan fingerprint density at radius 3 is 2.59 bits per heavy atom. The van der Waals surface area contributed by atoms with Gasteiger partial charge in [-0.3, -0.25) is 14.9 Å². The lowest BCUT2D eigenvalue weighted by molar-refractivity contribution is -0.594. The van der Waals surface area contributed by atoms with Gasteiger partial charge in [-0.1, -0.05) is 0 Å². The van der Waals surface area contributed by atoms with E-state index in [1.54, 1.807) is 6.92 Å². The SMILES string of the molecule is COC1C(C)OC(OC(C)=O)CC1(C)[N+](=O)[O-]. The van der Waals surface area contributed by atoms with Crippen molar-refractivity contribution in [1.82, 2.24) is 0 Å². The van der Waals surface area contributed by atoms with Crippen molar-refractivity contribution in [3.8, 4) is 0 Å². The Balaban J connectivity index is 2.90. The zero-order valence-corrected chi connectivity index (χ0v) is 10.3. The highest BCUT2D eigenvalue weighted by Crippen LogP contribution is 2.33. The molecule has 4 atom stereocenters. The topological polar surface area (TPSA) is 87.9 Å². The Hall–Kier alpha value is -1.21. The first kappa shape index (κ1) is 13.9. The Kier molecular flexibility index (Phi) is 4.05. The molecule has 7 heteroatoms. The molecule has 0 aromatic heterocycles. The van der Waals surface area contributed by atoms with Crippen molar-refractivity contribution in [3.05, 3.63) is 10.1 Å². The summed E-state index contributed by atoms with van der Waals surface area (Å²) in [7, 11) is 1.40. The number of hydrogen-bond acceptors (Lipinski definition) is 6. The molecule has 0 aromatic rings. The molecule has 0 saturated carbocycles. The molecule has 98 valence electrons. The van der Waals surface area contributed by atoms with Crippen molar-refractivity contribution >= 4 is 5.97 Å². The molecule has 0 aliphatic carbocycles. The van der Waals surface area contributed by atoms with Gasteiger partial charge >= 0.3 is 5.97 Å². The van der Waals surface area contributed by atoms with Crippen molar-refractivity contribution in [2.45, 2.75) is 51.2 Å². The van der Waals surface area contributed by atoms with Gasteiger partial charge in [0.1, 0.15) is 0 Å². The summed E-state index contributed by atoms with van der Waals surface area (Å²) < 4.78 is 15.4. The molecule has 1 aliphatic rings. The van der Waals surface area contributed by atoms with Gasteiger partial charge in [0, 0.05) is 25.9 Å². The molecule has 4 unspecified atom stereocenters. The Labute approximate surface area is 99.2 Å². The van der Waals surface area contributed by atoms with Crippen molar-refractivity contribution in [2.24, 2.45) is 0 Å². The highest BCUT2D eigenvalue weighted by molar-refractivity contribution is 5.66. The quantitative estimate of drug-likeness (QED) is 0.415. The molecule has 0 aromatic carbocycles. The highest BCUT2D eigenvalue weighted by atomic mass is 16.7. The van der Waals surface area contributed by atoms with Crippen LogP contribution in [0.4, 0.5) is 0 Å². The van der Waals surface area contributed by atoms with E-state index in [2.05, 4.69) is 0 Å². The normalized spacial score (nSPS) is 37.5. The molecular formula is C10H17NO6. The maximum absolute atomic E-state index is 11.2. The third-order valence-corrected chi connectivity index (χ3v) is 2.95. The number of ether oxygens (including phenoxy) is 3. The van der Waals surface area contributed by atoms with Crippen LogP contribution in [-0.4, -0.2) is 42.0 Å². The largest absolute Gasteiger partial charge is 0.436 e. The molecule has 0 bridgehead atoms. The van der Waals surface area contributed by atoms with E-state index in [1.165, 1.54) is 21.0 Å². The van der Waals surface area contributed by atoms with E-state index < -0.39 is 34.9 Å². The molecule has 1 fully saturated rings. The van der Waals surface area contributed by atoms with Crippen LogP contribution in [0.1, 0.15) is 27.2 Å². The minimum Gasteiger partial charge on any atom is -0.436 e. The van der Waals surface area contributed by atoms with Gasteiger partial charge in [0.2, 0.25) is 6.29 Å². The van der Waals surface area contributed by atoms with E-state index >= 15 is 0 Å². The van der Waals surface area contributed by atoms with Gasteiger partial charge in [0.15, 0.2) is 6.10 Å². The maximum Gasteiger partial charge on any atom is 0.304 e. The fraction of sp³-hybridized carbons (Fsp3) is 0.900. The van der Waals surface area contributed by atoms with Gasteiger partial charge in [0.05, 0.1) is 12.5 Å². The molecule has 1 aliphatic heterocycles. The predicted molar refractivity (Wildman–Crippen MR) is 56.9 cm³/mol. The standard InChI is InChI=1S/C10H17NO6/c1-6-9(15-4)10(3,11(13)14)5-8(16-6)17-7(2)12/h6,8-9H,5H2,1-4H3. The minimum atomic E-state index is -1.33. The Morgan fingerprint density at radius 2 is 2.18 bits per heavy atom. The second-order valence-electron chi connectivity index (χ2n) is 4.35. The second kappa shape index (κ2) is 4.97. The van der Waals surface area contributed by atoms with Gasteiger partial charge in [0.25, 0.3) is 5.54 Å². The van der Waals surface area contributed by atoms with Crippen LogP contribution in [0, 0.1) is 10.1 Å². The fourth-order valence-electron chi connectivity index (χ4n) is 2.20. The zero-order valence-electron chi connectivity index (χ0n) is 10.3. The van der Waals surface area contributed by atoms with Gasteiger partial charge < -0.3 is 14.2 Å². The van der Waals surface area contributed by atoms with E-state index in [0.717, 1.165) is 0 Å². The predicted octanol–water partition coefficient (Wildman–Crippen LogP) is 0.735. The van der Waals surface area contributed by atoms with Crippen LogP contribution in [0.3, 0.4) is 0 Å². The van der Waals surface area contributed by atoms with Gasteiger partial charge in [-0.15, -0.1) is 0 Å². The van der Waals surface area contributed by atoms with Crippen LogP contribution >= 0.6 is 0 Å². The molecule has 17 heavy (non-hydrogen) atoms. The van der Waals surface area contributed by atoms with E-state index in [0.29, 0.717) is 0 Å². The Morgan fingerprint density at radius 1 is 1.59 bits per heavy atom. The molecular weight excluding hydrogens is 230 g/mol. The molecule has 0 N–H and O–H groups in total. The van der Waals surface area contributed by atoms with E-state index in [4.69, 9.17) is 14.2 Å². The van der Waals surface area contributed by atoms with Gasteiger partial charge in [-0.25, -0.2) is 0 Å². The summed E-state index contributed by atoms with van der Waals surface area (Å²) in [5.41, 5.74) is -1.33. The monoisotopic (exact) mass is 247 g/mol. The molecule has 0 spiro atoms. The minimum absolute atomic E-state index is 0.0254. The third kappa shape index (κ3) is 2.73. The number of rotatable bonds is 3. The number of methoxy groups -OCH3 is 1. The third-order valence-electron chi connectivity index (χ3n) is 2.95. The van der Waals surface area contributed by atoms with Crippen LogP contribution in [0.15, 0.2) is 0 Å². The van der Waals surface area contributed by atoms with E-state index in [1.807, 2.05) is 0 Å². The van der Waals surface area contributed by atoms with Crippen LogP contribution in [0.2, 0.25) is 0 Å². The van der Waals surface area contributed by atoms with Crippen LogP contribution in [-0.2, 0) is 19.0 Å². The average Bonchev–Trinajstić information content (AvgIpc) is 2.15.